The quantitative estimate of drug-likeness (QED) is 0.0159. The molecule has 16 atom stereocenters. The largest absolute Gasteiger partial charge is 0.394 e. The van der Waals surface area contributed by atoms with E-state index in [9.17, 15) is 84.3 Å². The van der Waals surface area contributed by atoms with Crippen LogP contribution in [0.4, 0.5) is 0 Å². The molecule has 0 aliphatic carbocycles. The van der Waals surface area contributed by atoms with Gasteiger partial charge in [0, 0.05) is 92.5 Å². The first-order valence-electron chi connectivity index (χ1n) is 26.6. The third-order valence-electron chi connectivity index (χ3n) is 13.1. The van der Waals surface area contributed by atoms with E-state index < -0.39 is 153 Å². The number of nitrogens with one attached hydrogen (secondary N) is 7. The molecule has 3 fully saturated rings. The molecule has 3 rings (SSSR count). The van der Waals surface area contributed by atoms with E-state index in [-0.39, 0.29) is 103 Å². The lowest BCUT2D eigenvalue weighted by atomic mass is 9.97. The molecule has 31 nitrogen and oxygen atoms in total. The van der Waals surface area contributed by atoms with Gasteiger partial charge in [-0.1, -0.05) is 0 Å². The average Bonchev–Trinajstić information content (AvgIpc) is 3.41. The van der Waals surface area contributed by atoms with Gasteiger partial charge in [-0.3, -0.25) is 41.9 Å². The van der Waals surface area contributed by atoms with Gasteiger partial charge in [0.25, 0.3) is 5.91 Å². The fraction of sp³-hybridized carbons (Fsp3) is 0.833. The summed E-state index contributed by atoms with van der Waals surface area (Å²) >= 11 is 1.60. The van der Waals surface area contributed by atoms with Crippen LogP contribution in [0.3, 0.4) is 0 Å². The third-order valence-corrected chi connectivity index (χ3v) is 13.7. The number of ether oxygens (including phenoxy) is 6. The number of halogens is 1. The lowest BCUT2D eigenvalue weighted by Gasteiger charge is -2.42. The minimum Gasteiger partial charge on any atom is -0.394 e. The first kappa shape index (κ1) is 70.2. The molecule has 0 aromatic heterocycles. The molecule has 0 radical (unpaired) electrons. The summed E-state index contributed by atoms with van der Waals surface area (Å²) in [6, 6.07) is -4.55. The fourth-order valence-electron chi connectivity index (χ4n) is 8.83. The van der Waals surface area contributed by atoms with E-state index in [0.29, 0.717) is 25.7 Å². The Morgan fingerprint density at radius 2 is 0.838 bits per heavy atom. The SMILES string of the molecule is CC(=O)NC1C(OCCCCC(=O)NCCN(CCNC(=O)CCCCOC2OC(CO)C(O)C(O)C2NC(C)=O)C(=O)CC[C@H](NC(=O)CCCCOC2OC(CO)C(O)C(O)C2NC(C)=O)C(=O)NI)OC(CO)C(O)C1O. The Hall–Kier alpha value is -4.11. The molecule has 3 aliphatic rings. The maximum absolute atomic E-state index is 13.8. The molecular weight excluding hydrogens is 1180 g/mol. The Balaban J connectivity index is 1.54. The van der Waals surface area contributed by atoms with E-state index in [1.54, 1.807) is 22.9 Å². The second kappa shape index (κ2) is 37.2. The van der Waals surface area contributed by atoms with E-state index in [4.69, 9.17) is 28.4 Å². The molecule has 0 aromatic carbocycles. The third kappa shape index (κ3) is 23.6. The number of carbonyl (C=O) groups excluding carboxylic acids is 8. The maximum Gasteiger partial charge on any atom is 0.251 e. The highest BCUT2D eigenvalue weighted by Crippen LogP contribution is 2.25. The predicted octanol–water partition coefficient (Wildman–Crippen LogP) is -6.83. The Labute approximate surface area is 476 Å². The molecule has 8 amide bonds. The van der Waals surface area contributed by atoms with Crippen LogP contribution >= 0.6 is 22.9 Å². The van der Waals surface area contributed by atoms with Crippen molar-refractivity contribution < 1.29 is 113 Å². The monoisotopic (exact) mass is 1270 g/mol. The molecule has 3 heterocycles. The molecule has 460 valence electrons. The molecule has 3 saturated heterocycles. The summed E-state index contributed by atoms with van der Waals surface area (Å²) in [4.78, 5) is 102. The highest BCUT2D eigenvalue weighted by Gasteiger charge is 2.48. The average molecular weight is 1270 g/mol. The van der Waals surface area contributed by atoms with Crippen LogP contribution in [0.2, 0.25) is 0 Å². The molecule has 80 heavy (non-hydrogen) atoms. The van der Waals surface area contributed by atoms with Crippen molar-refractivity contribution in [1.82, 2.24) is 40.3 Å². The van der Waals surface area contributed by atoms with Crippen LogP contribution in [0.15, 0.2) is 0 Å². The normalized spacial score (nSPS) is 28.8. The molecule has 0 spiro atoms. The lowest BCUT2D eigenvalue weighted by Crippen LogP contribution is -2.64. The van der Waals surface area contributed by atoms with Crippen molar-refractivity contribution in [3.63, 3.8) is 0 Å². The summed E-state index contributed by atoms with van der Waals surface area (Å²) in [6.45, 7) is 1.70. The van der Waals surface area contributed by atoms with Gasteiger partial charge in [-0.25, -0.2) is 0 Å². The van der Waals surface area contributed by atoms with Crippen LogP contribution < -0.4 is 35.4 Å². The fourth-order valence-corrected chi connectivity index (χ4v) is 9.20. The summed E-state index contributed by atoms with van der Waals surface area (Å²) in [5, 5.41) is 106. The van der Waals surface area contributed by atoms with Crippen molar-refractivity contribution in [3.05, 3.63) is 0 Å². The summed E-state index contributed by atoms with van der Waals surface area (Å²) in [5.41, 5.74) is 0. The van der Waals surface area contributed by atoms with E-state index in [1.165, 1.54) is 25.7 Å². The number of hydrogen-bond donors (Lipinski definition) is 16. The zero-order valence-electron chi connectivity index (χ0n) is 45.2. The number of rotatable bonds is 35. The molecule has 16 N–H and O–H groups in total. The van der Waals surface area contributed by atoms with Gasteiger partial charge < -0.3 is 111 Å². The molecule has 3 aliphatic heterocycles. The van der Waals surface area contributed by atoms with Crippen LogP contribution in [0.5, 0.6) is 0 Å². The lowest BCUT2D eigenvalue weighted by molar-refractivity contribution is -0.270. The van der Waals surface area contributed by atoms with Crippen molar-refractivity contribution in [2.24, 2.45) is 0 Å². The highest BCUT2D eigenvalue weighted by atomic mass is 127. The number of amides is 8. The van der Waals surface area contributed by atoms with Gasteiger partial charge in [0.1, 0.15) is 79.1 Å². The molecule has 0 aromatic rings. The summed E-state index contributed by atoms with van der Waals surface area (Å²) < 4.78 is 36.2. The number of carbonyl (C=O) groups is 8. The van der Waals surface area contributed by atoms with Gasteiger partial charge in [0.15, 0.2) is 18.9 Å². The van der Waals surface area contributed by atoms with Crippen molar-refractivity contribution >= 4 is 70.1 Å². The predicted molar refractivity (Wildman–Crippen MR) is 281 cm³/mol. The maximum atomic E-state index is 13.8. The standard InChI is InChI=1S/C48H83IN8O23/c1-25(61)52-36-42(71)39(68)29(22-58)78-46(36)75-19-7-4-10-32(64)50-15-17-57(18-16-51-33(65)11-5-8-20-76-47-37(53-26(2)62)43(72)40(69)30(23-59)79-47)35(67)14-13-28(45(74)56-49)55-34(66)12-6-9-21-77-48-38(54-27(3)63)44(73)41(70)31(24-60)80-48/h28-31,36-44,46-48,58-60,68-73H,4-24H2,1-3H3,(H,50,64)(H,51,65)(H,52,61)(H,53,62)(H,54,63)(H,55,66)(H,56,74)/t28-,29?,30?,31?,36?,37?,38?,39?,40?,41?,42?,43?,44?,46?,47?,48?/m0/s1. The molecular formula is C48H83IN8O23. The van der Waals surface area contributed by atoms with Crippen molar-refractivity contribution in [1.29, 1.82) is 0 Å². The highest BCUT2D eigenvalue weighted by molar-refractivity contribution is 14.1. The number of unbranched alkanes of at least 4 members (excludes halogenated alkanes) is 3. The van der Waals surface area contributed by atoms with Gasteiger partial charge in [0.2, 0.25) is 41.4 Å². The number of hydrogen-bond acceptors (Lipinski definition) is 23. The Morgan fingerprint density at radius 1 is 0.500 bits per heavy atom. The van der Waals surface area contributed by atoms with Crippen LogP contribution in [0.25, 0.3) is 0 Å². The second-order valence-electron chi connectivity index (χ2n) is 19.5. The Bertz CT molecular complexity index is 1880. The number of nitrogens with zero attached hydrogens (tertiary/aromatic N) is 1. The number of aliphatic hydroxyl groups is 9. The molecule has 0 saturated carbocycles. The second-order valence-corrected chi connectivity index (χ2v) is 20.0. The van der Waals surface area contributed by atoms with Crippen LogP contribution in [-0.4, -0.2) is 262 Å². The van der Waals surface area contributed by atoms with E-state index in [2.05, 4.69) is 35.4 Å². The van der Waals surface area contributed by atoms with Gasteiger partial charge in [0.05, 0.1) is 42.7 Å². The minimum absolute atomic E-state index is 0.0156. The topological polar surface area (TPSA) is 461 Å². The Morgan fingerprint density at radius 3 is 1.15 bits per heavy atom. The van der Waals surface area contributed by atoms with Gasteiger partial charge in [-0.2, -0.15) is 0 Å². The van der Waals surface area contributed by atoms with Crippen molar-refractivity contribution in [3.8, 4) is 0 Å². The Kier molecular flexibility index (Phi) is 32.6. The van der Waals surface area contributed by atoms with E-state index >= 15 is 0 Å². The summed E-state index contributed by atoms with van der Waals surface area (Å²) in [7, 11) is 0. The van der Waals surface area contributed by atoms with Crippen LogP contribution in [0, 0.1) is 0 Å². The first-order valence-corrected chi connectivity index (χ1v) is 27.7. The van der Waals surface area contributed by atoms with E-state index in [0.717, 1.165) is 0 Å². The first-order chi connectivity index (χ1) is 38.1. The van der Waals surface area contributed by atoms with Crippen molar-refractivity contribution in [2.75, 3.05) is 65.8 Å². The van der Waals surface area contributed by atoms with Crippen LogP contribution in [-0.2, 0) is 66.8 Å². The summed E-state index contributed by atoms with van der Waals surface area (Å²) in [5.74, 6) is -3.90. The van der Waals surface area contributed by atoms with Crippen molar-refractivity contribution in [2.45, 2.75) is 189 Å². The molecule has 32 heteroatoms. The smallest absolute Gasteiger partial charge is 0.251 e. The van der Waals surface area contributed by atoms with Gasteiger partial charge >= 0.3 is 0 Å². The summed E-state index contributed by atoms with van der Waals surface area (Å²) in [6.07, 6.45) is -14.7. The number of aliphatic hydroxyl groups excluding tert-OH is 9. The van der Waals surface area contributed by atoms with Gasteiger partial charge in [-0.15, -0.1) is 0 Å². The minimum atomic E-state index is -1.50. The molecule has 0 bridgehead atoms. The van der Waals surface area contributed by atoms with E-state index in [1.807, 2.05) is 0 Å². The molecule has 15 unspecified atom stereocenters. The zero-order chi connectivity index (χ0) is 59.5. The van der Waals surface area contributed by atoms with Gasteiger partial charge in [-0.05, 0) is 44.9 Å². The zero-order valence-corrected chi connectivity index (χ0v) is 47.3. The van der Waals surface area contributed by atoms with Crippen LogP contribution in [0.1, 0.15) is 91.4 Å².